The lowest BCUT2D eigenvalue weighted by molar-refractivity contribution is -0.384. The maximum absolute atomic E-state index is 12.9. The maximum atomic E-state index is 12.9. The molecule has 2 aromatic carbocycles. The van der Waals surface area contributed by atoms with E-state index < -0.39 is 4.92 Å². The molecule has 8 nitrogen and oxygen atoms in total. The van der Waals surface area contributed by atoms with E-state index in [1.165, 1.54) is 24.6 Å². The van der Waals surface area contributed by atoms with E-state index >= 15 is 0 Å². The van der Waals surface area contributed by atoms with E-state index in [2.05, 4.69) is 10.1 Å². The van der Waals surface area contributed by atoms with Crippen molar-refractivity contribution in [1.82, 2.24) is 9.66 Å². The molecule has 0 saturated heterocycles. The van der Waals surface area contributed by atoms with Gasteiger partial charge in [0.25, 0.3) is 11.2 Å². The summed E-state index contributed by atoms with van der Waals surface area (Å²) in [7, 11) is 0. The summed E-state index contributed by atoms with van der Waals surface area (Å²) in [6.45, 7) is 0. The number of rotatable bonds is 4. The zero-order valence-corrected chi connectivity index (χ0v) is 13.9. The molecule has 0 saturated carbocycles. The molecule has 0 radical (unpaired) electrons. The number of benzene rings is 2. The third kappa shape index (κ3) is 3.11. The fourth-order valence-electron chi connectivity index (χ4n) is 2.64. The first kappa shape index (κ1) is 16.4. The van der Waals surface area contributed by atoms with Gasteiger partial charge in [0, 0.05) is 17.7 Å². The Hall–Kier alpha value is -4.07. The number of para-hydroxylation sites is 1. The van der Waals surface area contributed by atoms with Gasteiger partial charge in [-0.05, 0) is 24.3 Å². The smallest absolute Gasteiger partial charge is 0.282 e. The Balaban J connectivity index is 1.89. The summed E-state index contributed by atoms with van der Waals surface area (Å²) in [5, 5.41) is 15.5. The standard InChI is InChI=1S/C19H12N4O4/c24-19-15-7-1-2-8-16(15)21-18(17-9-4-10-27-17)22(19)20-12-13-5-3-6-14(11-13)23(25)26/h1-12H/b20-12+. The van der Waals surface area contributed by atoms with Crippen LogP contribution in [0.25, 0.3) is 22.5 Å². The van der Waals surface area contributed by atoms with Crippen LogP contribution in [0.1, 0.15) is 5.56 Å². The van der Waals surface area contributed by atoms with Crippen LogP contribution in [0.2, 0.25) is 0 Å². The van der Waals surface area contributed by atoms with Gasteiger partial charge in [-0.3, -0.25) is 14.9 Å². The highest BCUT2D eigenvalue weighted by Gasteiger charge is 2.14. The largest absolute Gasteiger partial charge is 0.461 e. The molecule has 132 valence electrons. The molecule has 0 aliphatic heterocycles. The second-order valence-electron chi connectivity index (χ2n) is 5.64. The number of aromatic nitrogens is 2. The minimum absolute atomic E-state index is 0.0609. The summed E-state index contributed by atoms with van der Waals surface area (Å²) in [6, 6.07) is 16.3. The molecule has 0 unspecified atom stereocenters. The summed E-state index contributed by atoms with van der Waals surface area (Å²) >= 11 is 0. The van der Waals surface area contributed by atoms with Gasteiger partial charge >= 0.3 is 0 Å². The molecule has 2 heterocycles. The molecule has 8 heteroatoms. The molecule has 4 aromatic rings. The van der Waals surface area contributed by atoms with E-state index in [-0.39, 0.29) is 17.1 Å². The molecule has 2 aromatic heterocycles. The highest BCUT2D eigenvalue weighted by molar-refractivity contribution is 5.82. The van der Waals surface area contributed by atoms with Gasteiger partial charge in [0.05, 0.1) is 28.3 Å². The van der Waals surface area contributed by atoms with Crippen LogP contribution < -0.4 is 5.56 Å². The fraction of sp³-hybridized carbons (Fsp3) is 0. The van der Waals surface area contributed by atoms with Gasteiger partial charge in [-0.2, -0.15) is 9.78 Å². The second-order valence-corrected chi connectivity index (χ2v) is 5.64. The lowest BCUT2D eigenvalue weighted by Gasteiger charge is -2.07. The van der Waals surface area contributed by atoms with Crippen LogP contribution in [0.3, 0.4) is 0 Å². The van der Waals surface area contributed by atoms with Gasteiger partial charge in [-0.15, -0.1) is 0 Å². The Labute approximate surface area is 152 Å². The van der Waals surface area contributed by atoms with Crippen molar-refractivity contribution < 1.29 is 9.34 Å². The molecule has 0 amide bonds. The third-order valence-electron chi connectivity index (χ3n) is 3.90. The molecular formula is C19H12N4O4. The van der Waals surface area contributed by atoms with Crippen LogP contribution >= 0.6 is 0 Å². The maximum Gasteiger partial charge on any atom is 0.282 e. The van der Waals surface area contributed by atoms with Gasteiger partial charge in [0.15, 0.2) is 5.76 Å². The normalized spacial score (nSPS) is 11.3. The Morgan fingerprint density at radius 2 is 1.96 bits per heavy atom. The van der Waals surface area contributed by atoms with Crippen molar-refractivity contribution in [2.75, 3.05) is 0 Å². The van der Waals surface area contributed by atoms with Crippen LogP contribution in [0, 0.1) is 10.1 Å². The topological polar surface area (TPSA) is 104 Å². The Bertz CT molecular complexity index is 1230. The van der Waals surface area contributed by atoms with Gasteiger partial charge in [-0.1, -0.05) is 24.3 Å². The molecule has 27 heavy (non-hydrogen) atoms. The molecule has 0 spiro atoms. The number of hydrogen-bond acceptors (Lipinski definition) is 6. The average molecular weight is 360 g/mol. The molecule has 4 rings (SSSR count). The molecule has 0 bridgehead atoms. The van der Waals surface area contributed by atoms with E-state index in [0.717, 1.165) is 4.68 Å². The van der Waals surface area contributed by atoms with Gasteiger partial charge in [-0.25, -0.2) is 4.98 Å². The van der Waals surface area contributed by atoms with Gasteiger partial charge in [0.1, 0.15) is 0 Å². The van der Waals surface area contributed by atoms with Crippen molar-refractivity contribution in [2.24, 2.45) is 5.10 Å². The lowest BCUT2D eigenvalue weighted by Crippen LogP contribution is -2.20. The molecular weight excluding hydrogens is 348 g/mol. The third-order valence-corrected chi connectivity index (χ3v) is 3.90. The number of hydrogen-bond donors (Lipinski definition) is 0. The molecule has 0 N–H and O–H groups in total. The Morgan fingerprint density at radius 1 is 1.11 bits per heavy atom. The first-order valence-electron chi connectivity index (χ1n) is 7.98. The van der Waals surface area contributed by atoms with E-state index in [4.69, 9.17) is 4.42 Å². The Morgan fingerprint density at radius 3 is 2.74 bits per heavy atom. The number of nitrogens with zero attached hydrogens (tertiary/aromatic N) is 4. The zero-order valence-electron chi connectivity index (χ0n) is 13.9. The number of furan rings is 1. The Kier molecular flexibility index (Phi) is 4.06. The number of fused-ring (bicyclic) bond motifs is 1. The van der Waals surface area contributed by atoms with Gasteiger partial charge in [0.2, 0.25) is 5.82 Å². The predicted octanol–water partition coefficient (Wildman–Crippen LogP) is 3.45. The first-order valence-corrected chi connectivity index (χ1v) is 7.98. The molecule has 0 atom stereocenters. The van der Waals surface area contributed by atoms with Crippen LogP contribution in [-0.4, -0.2) is 20.8 Å². The van der Waals surface area contributed by atoms with E-state index in [0.29, 0.717) is 22.2 Å². The van der Waals surface area contributed by atoms with E-state index in [1.807, 2.05) is 0 Å². The first-order chi connectivity index (χ1) is 13.1. The average Bonchev–Trinajstić information content (AvgIpc) is 3.22. The van der Waals surface area contributed by atoms with E-state index in [9.17, 15) is 14.9 Å². The van der Waals surface area contributed by atoms with Crippen LogP contribution in [0.15, 0.2) is 81.2 Å². The van der Waals surface area contributed by atoms with Gasteiger partial charge < -0.3 is 4.42 Å². The second kappa shape index (κ2) is 6.68. The van der Waals surface area contributed by atoms with Crippen LogP contribution in [-0.2, 0) is 0 Å². The number of nitro benzene ring substituents is 1. The highest BCUT2D eigenvalue weighted by atomic mass is 16.6. The highest BCUT2D eigenvalue weighted by Crippen LogP contribution is 2.19. The summed E-state index contributed by atoms with van der Waals surface area (Å²) < 4.78 is 6.51. The molecule has 0 fully saturated rings. The minimum atomic E-state index is -0.491. The van der Waals surface area contributed by atoms with Crippen molar-refractivity contribution in [2.45, 2.75) is 0 Å². The van der Waals surface area contributed by atoms with Crippen molar-refractivity contribution in [3.8, 4) is 11.6 Å². The van der Waals surface area contributed by atoms with Crippen molar-refractivity contribution >= 4 is 22.8 Å². The lowest BCUT2D eigenvalue weighted by atomic mass is 10.2. The number of nitro groups is 1. The SMILES string of the molecule is O=c1c2ccccc2nc(-c2ccco2)n1/N=C/c1cccc([N+](=O)[O-])c1. The van der Waals surface area contributed by atoms with Crippen molar-refractivity contribution in [1.29, 1.82) is 0 Å². The summed E-state index contributed by atoms with van der Waals surface area (Å²) in [4.78, 5) is 27.8. The molecule has 0 aliphatic rings. The van der Waals surface area contributed by atoms with Crippen LogP contribution in [0.5, 0.6) is 0 Å². The zero-order chi connectivity index (χ0) is 18.8. The van der Waals surface area contributed by atoms with Crippen molar-refractivity contribution in [3.05, 3.63) is 93.0 Å². The summed E-state index contributed by atoms with van der Waals surface area (Å²) in [6.07, 6.45) is 2.85. The molecule has 0 aliphatic carbocycles. The monoisotopic (exact) mass is 360 g/mol. The van der Waals surface area contributed by atoms with Crippen LogP contribution in [0.4, 0.5) is 5.69 Å². The predicted molar refractivity (Wildman–Crippen MR) is 99.8 cm³/mol. The summed E-state index contributed by atoms with van der Waals surface area (Å²) in [5.74, 6) is 0.624. The fourth-order valence-corrected chi connectivity index (χ4v) is 2.64. The summed E-state index contributed by atoms with van der Waals surface area (Å²) in [5.41, 5.74) is 0.577. The minimum Gasteiger partial charge on any atom is -0.461 e. The number of non-ortho nitro benzene ring substituents is 1. The van der Waals surface area contributed by atoms with Crippen molar-refractivity contribution in [3.63, 3.8) is 0 Å². The quantitative estimate of drug-likeness (QED) is 0.315. The van der Waals surface area contributed by atoms with E-state index in [1.54, 1.807) is 48.5 Å².